The lowest BCUT2D eigenvalue weighted by Gasteiger charge is -2.34. The van der Waals surface area contributed by atoms with Crippen molar-refractivity contribution < 1.29 is 4.39 Å². The molecule has 0 spiro atoms. The van der Waals surface area contributed by atoms with Gasteiger partial charge in [0.1, 0.15) is 5.83 Å². The van der Waals surface area contributed by atoms with E-state index < -0.39 is 0 Å². The minimum Gasteiger partial charge on any atom is -0.386 e. The number of allylic oxidation sites excluding steroid dienone is 5. The largest absolute Gasteiger partial charge is 0.386 e. The highest BCUT2D eigenvalue weighted by Crippen LogP contribution is 2.24. The van der Waals surface area contributed by atoms with Gasteiger partial charge in [0.25, 0.3) is 0 Å². The first-order chi connectivity index (χ1) is 14.2. The molecule has 1 fully saturated rings. The number of dihydropyridines is 1. The standard InChI is InChI=1S/C23H32FN5/c1-3-5-6-19-20(24)14-18(15-21(19)27-8-4-2)16-28-22-17-26-9-7-23(22)29-12-10-25-11-13-29/h4,6-8,14-15,17,25-26,28H,3,5,9-13,16H2,1-2H3/b8-4-,19-6+,27-21+. The summed E-state index contributed by atoms with van der Waals surface area (Å²) in [4.78, 5) is 6.84. The fourth-order valence-corrected chi connectivity index (χ4v) is 3.56. The molecule has 0 unspecified atom stereocenters. The topological polar surface area (TPSA) is 51.7 Å². The summed E-state index contributed by atoms with van der Waals surface area (Å²) in [6.07, 6.45) is 15.2. The molecule has 156 valence electrons. The number of hydrogen-bond donors (Lipinski definition) is 3. The zero-order chi connectivity index (χ0) is 20.5. The molecule has 1 aliphatic carbocycles. The van der Waals surface area contributed by atoms with E-state index in [2.05, 4.69) is 38.8 Å². The van der Waals surface area contributed by atoms with E-state index in [-0.39, 0.29) is 5.83 Å². The molecule has 6 heteroatoms. The molecule has 0 saturated carbocycles. The number of rotatable bonds is 7. The zero-order valence-electron chi connectivity index (χ0n) is 17.5. The molecule has 0 amide bonds. The maximum absolute atomic E-state index is 14.8. The van der Waals surface area contributed by atoms with Crippen molar-refractivity contribution in [1.82, 2.24) is 20.9 Å². The fourth-order valence-electron chi connectivity index (χ4n) is 3.56. The molecule has 0 aromatic rings. The number of halogens is 1. The SMILES string of the molecule is C\C=C/N=C1\C=C(CNC2=CNCC=C2N2CCNCC2)C=C(F)\C1=C/CCC. The van der Waals surface area contributed by atoms with Gasteiger partial charge in [-0.2, -0.15) is 0 Å². The predicted octanol–water partition coefficient (Wildman–Crippen LogP) is 3.30. The summed E-state index contributed by atoms with van der Waals surface area (Å²) in [6, 6.07) is 0. The Labute approximate surface area is 173 Å². The predicted molar refractivity (Wildman–Crippen MR) is 119 cm³/mol. The van der Waals surface area contributed by atoms with Crippen LogP contribution in [0.2, 0.25) is 0 Å². The summed E-state index contributed by atoms with van der Waals surface area (Å²) in [5.74, 6) is -0.213. The third-order valence-corrected chi connectivity index (χ3v) is 5.04. The van der Waals surface area contributed by atoms with Gasteiger partial charge in [-0.15, -0.1) is 0 Å². The minimum absolute atomic E-state index is 0.213. The normalized spacial score (nSPS) is 22.9. The van der Waals surface area contributed by atoms with E-state index in [9.17, 15) is 4.39 Å². The Morgan fingerprint density at radius 3 is 2.86 bits per heavy atom. The number of hydrogen-bond acceptors (Lipinski definition) is 5. The molecule has 0 radical (unpaired) electrons. The Morgan fingerprint density at radius 2 is 2.10 bits per heavy atom. The van der Waals surface area contributed by atoms with E-state index in [0.717, 1.165) is 56.8 Å². The summed E-state index contributed by atoms with van der Waals surface area (Å²) in [6.45, 7) is 9.34. The van der Waals surface area contributed by atoms with Crippen LogP contribution in [-0.2, 0) is 0 Å². The molecule has 1 saturated heterocycles. The van der Waals surface area contributed by atoms with E-state index in [1.54, 1.807) is 12.3 Å². The molecule has 3 aliphatic rings. The van der Waals surface area contributed by atoms with Crippen LogP contribution in [0.3, 0.4) is 0 Å². The monoisotopic (exact) mass is 397 g/mol. The summed E-state index contributed by atoms with van der Waals surface area (Å²) in [5, 5.41) is 10.2. The summed E-state index contributed by atoms with van der Waals surface area (Å²) in [5.41, 5.74) is 4.42. The highest BCUT2D eigenvalue weighted by molar-refractivity contribution is 6.13. The van der Waals surface area contributed by atoms with Crippen LogP contribution >= 0.6 is 0 Å². The van der Waals surface area contributed by atoms with Crippen molar-refractivity contribution in [1.29, 1.82) is 0 Å². The third-order valence-electron chi connectivity index (χ3n) is 5.04. The van der Waals surface area contributed by atoms with Crippen molar-refractivity contribution in [2.24, 2.45) is 4.99 Å². The molecule has 0 aromatic heterocycles. The third kappa shape index (κ3) is 5.70. The van der Waals surface area contributed by atoms with Crippen LogP contribution in [0.5, 0.6) is 0 Å². The maximum atomic E-state index is 14.8. The summed E-state index contributed by atoms with van der Waals surface area (Å²) >= 11 is 0. The van der Waals surface area contributed by atoms with Crippen molar-refractivity contribution >= 4 is 5.71 Å². The van der Waals surface area contributed by atoms with Gasteiger partial charge in [0.05, 0.1) is 17.1 Å². The lowest BCUT2D eigenvalue weighted by Crippen LogP contribution is -2.45. The van der Waals surface area contributed by atoms with E-state index in [4.69, 9.17) is 0 Å². The highest BCUT2D eigenvalue weighted by atomic mass is 19.1. The number of nitrogens with one attached hydrogen (secondary N) is 3. The maximum Gasteiger partial charge on any atom is 0.132 e. The second-order valence-electron chi connectivity index (χ2n) is 7.26. The Morgan fingerprint density at radius 1 is 1.28 bits per heavy atom. The van der Waals surface area contributed by atoms with Crippen LogP contribution in [0, 0.1) is 0 Å². The van der Waals surface area contributed by atoms with Crippen molar-refractivity contribution in [3.8, 4) is 0 Å². The van der Waals surface area contributed by atoms with Crippen LogP contribution in [0.1, 0.15) is 26.7 Å². The lowest BCUT2D eigenvalue weighted by atomic mass is 9.97. The van der Waals surface area contributed by atoms with Gasteiger partial charge < -0.3 is 20.9 Å². The van der Waals surface area contributed by atoms with Crippen LogP contribution in [0.25, 0.3) is 0 Å². The molecular weight excluding hydrogens is 365 g/mol. The lowest BCUT2D eigenvalue weighted by molar-refractivity contribution is 0.299. The van der Waals surface area contributed by atoms with E-state index in [1.807, 2.05) is 31.4 Å². The van der Waals surface area contributed by atoms with Gasteiger partial charge in [-0.05, 0) is 37.1 Å². The van der Waals surface area contributed by atoms with Crippen LogP contribution in [0.15, 0.2) is 76.1 Å². The average molecular weight is 398 g/mol. The first-order valence-electron chi connectivity index (χ1n) is 10.5. The van der Waals surface area contributed by atoms with Gasteiger partial charge in [0.2, 0.25) is 0 Å². The molecule has 3 N–H and O–H groups in total. The van der Waals surface area contributed by atoms with Crippen molar-refractivity contribution in [3.05, 3.63) is 71.1 Å². The van der Waals surface area contributed by atoms with Gasteiger partial charge in [0.15, 0.2) is 0 Å². The fraction of sp³-hybridized carbons (Fsp3) is 0.435. The van der Waals surface area contributed by atoms with Crippen LogP contribution in [-0.4, -0.2) is 49.9 Å². The first-order valence-corrected chi connectivity index (χ1v) is 10.5. The number of aliphatic imine (C=N–C) groups is 1. The second-order valence-corrected chi connectivity index (χ2v) is 7.26. The number of unbranched alkanes of at least 4 members (excludes halogenated alkanes) is 1. The molecule has 5 nitrogen and oxygen atoms in total. The number of nitrogens with zero attached hydrogens (tertiary/aromatic N) is 2. The quantitative estimate of drug-likeness (QED) is 0.617. The molecular formula is C23H32FN5. The summed E-state index contributed by atoms with van der Waals surface area (Å²) in [7, 11) is 0. The molecule has 2 heterocycles. The van der Waals surface area contributed by atoms with Gasteiger partial charge in [-0.1, -0.05) is 25.5 Å². The average Bonchev–Trinajstić information content (AvgIpc) is 2.76. The van der Waals surface area contributed by atoms with Gasteiger partial charge in [-0.25, -0.2) is 4.39 Å². The zero-order valence-corrected chi connectivity index (χ0v) is 17.5. The Kier molecular flexibility index (Phi) is 7.87. The highest BCUT2D eigenvalue weighted by Gasteiger charge is 2.20. The minimum atomic E-state index is -0.213. The van der Waals surface area contributed by atoms with Gasteiger partial charge >= 0.3 is 0 Å². The van der Waals surface area contributed by atoms with Crippen molar-refractivity contribution in [2.75, 3.05) is 39.3 Å². The molecule has 29 heavy (non-hydrogen) atoms. The summed E-state index contributed by atoms with van der Waals surface area (Å²) < 4.78 is 14.8. The van der Waals surface area contributed by atoms with E-state index >= 15 is 0 Å². The number of piperazine rings is 1. The Balaban J connectivity index is 1.72. The van der Waals surface area contributed by atoms with Gasteiger partial charge in [-0.3, -0.25) is 4.99 Å². The first kappa shape index (κ1) is 21.1. The second kappa shape index (κ2) is 10.8. The van der Waals surface area contributed by atoms with Crippen molar-refractivity contribution in [2.45, 2.75) is 26.7 Å². The molecule has 2 aliphatic heterocycles. The van der Waals surface area contributed by atoms with Crippen LogP contribution < -0.4 is 16.0 Å². The van der Waals surface area contributed by atoms with Crippen LogP contribution in [0.4, 0.5) is 4.39 Å². The Bertz CT molecular complexity index is 792. The molecule has 0 bridgehead atoms. The molecule has 3 rings (SSSR count). The Hall–Kier alpha value is -2.60. The molecule has 0 atom stereocenters. The van der Waals surface area contributed by atoms with Gasteiger partial charge in [0, 0.05) is 57.2 Å². The van der Waals surface area contributed by atoms with E-state index in [0.29, 0.717) is 17.8 Å². The smallest absolute Gasteiger partial charge is 0.132 e. The van der Waals surface area contributed by atoms with E-state index in [1.165, 1.54) is 5.70 Å². The molecule has 0 aromatic carbocycles. The van der Waals surface area contributed by atoms with Crippen molar-refractivity contribution in [3.63, 3.8) is 0 Å².